The number of benzene rings is 3. The number of carbonyl (C=O) groups is 2. The number of carbonyl (C=O) groups excluding carboxylic acids is 2. The number of nitrogens with zero attached hydrogens (tertiary/aromatic N) is 1. The normalized spacial score (nSPS) is 11.3. The quantitative estimate of drug-likeness (QED) is 0.506. The van der Waals surface area contributed by atoms with Crippen molar-refractivity contribution < 1.29 is 9.59 Å². The van der Waals surface area contributed by atoms with Crippen molar-refractivity contribution in [3.8, 4) is 17.2 Å². The molecule has 0 aliphatic rings. The zero-order valence-electron chi connectivity index (χ0n) is 15.2. The molecule has 0 bridgehead atoms. The average molecular weight is 423 g/mol. The molecule has 0 aromatic heterocycles. The first-order valence-corrected chi connectivity index (χ1v) is 9.57. The number of hydrogen-bond acceptors (Lipinski definition) is 3. The molecular weight excluding hydrogens is 407 g/mol. The zero-order chi connectivity index (χ0) is 20.8. The summed E-state index contributed by atoms with van der Waals surface area (Å²) in [6, 6.07) is 21.5. The molecule has 3 aromatic carbocycles. The van der Waals surface area contributed by atoms with E-state index in [1.165, 1.54) is 0 Å². The van der Waals surface area contributed by atoms with Crippen LogP contribution < -0.4 is 5.32 Å². The molecule has 0 spiro atoms. The van der Waals surface area contributed by atoms with Gasteiger partial charge in [-0.1, -0.05) is 59.6 Å². The van der Waals surface area contributed by atoms with Crippen LogP contribution in [0.15, 0.2) is 66.7 Å². The SMILES string of the molecule is N#Cc1cccc(-c2ccc(C(CC=O)C(=O)Nc3cc(Cl)cc(Cl)c3)cc2)c1. The smallest absolute Gasteiger partial charge is 0.232 e. The van der Waals surface area contributed by atoms with Gasteiger partial charge in [0, 0.05) is 22.2 Å². The molecule has 0 aliphatic heterocycles. The lowest BCUT2D eigenvalue weighted by Crippen LogP contribution is -2.21. The van der Waals surface area contributed by atoms with E-state index in [4.69, 9.17) is 28.5 Å². The highest BCUT2D eigenvalue weighted by molar-refractivity contribution is 6.35. The predicted octanol–water partition coefficient (Wildman–Crippen LogP) is 5.84. The fourth-order valence-corrected chi connectivity index (χ4v) is 3.55. The lowest BCUT2D eigenvalue weighted by atomic mass is 9.93. The summed E-state index contributed by atoms with van der Waals surface area (Å²) >= 11 is 12.0. The Labute approximate surface area is 178 Å². The van der Waals surface area contributed by atoms with E-state index in [-0.39, 0.29) is 12.3 Å². The summed E-state index contributed by atoms with van der Waals surface area (Å²) in [5.41, 5.74) is 3.57. The molecule has 29 heavy (non-hydrogen) atoms. The van der Waals surface area contributed by atoms with Crippen molar-refractivity contribution in [1.29, 1.82) is 5.26 Å². The zero-order valence-corrected chi connectivity index (χ0v) is 16.7. The van der Waals surface area contributed by atoms with Gasteiger partial charge in [0.2, 0.25) is 5.91 Å². The molecule has 6 heteroatoms. The molecule has 1 unspecified atom stereocenters. The number of nitriles is 1. The van der Waals surface area contributed by atoms with Crippen LogP contribution in [0.25, 0.3) is 11.1 Å². The molecular formula is C23H16Cl2N2O2. The summed E-state index contributed by atoms with van der Waals surface area (Å²) in [6.45, 7) is 0. The van der Waals surface area contributed by atoms with Crippen molar-refractivity contribution in [2.24, 2.45) is 0 Å². The summed E-state index contributed by atoms with van der Waals surface area (Å²) in [6.07, 6.45) is 0.767. The van der Waals surface area contributed by atoms with Crippen molar-refractivity contribution in [3.05, 3.63) is 87.9 Å². The number of rotatable bonds is 6. The molecule has 3 aromatic rings. The molecule has 3 rings (SSSR count). The van der Waals surface area contributed by atoms with E-state index >= 15 is 0 Å². The molecule has 144 valence electrons. The van der Waals surface area contributed by atoms with E-state index in [0.29, 0.717) is 26.9 Å². The van der Waals surface area contributed by atoms with Gasteiger partial charge in [0.25, 0.3) is 0 Å². The number of amides is 1. The number of hydrogen-bond donors (Lipinski definition) is 1. The molecule has 0 fully saturated rings. The Morgan fingerprint density at radius 2 is 1.69 bits per heavy atom. The summed E-state index contributed by atoms with van der Waals surface area (Å²) < 4.78 is 0. The minimum Gasteiger partial charge on any atom is -0.325 e. The first-order valence-electron chi connectivity index (χ1n) is 8.81. The highest BCUT2D eigenvalue weighted by Gasteiger charge is 2.21. The summed E-state index contributed by atoms with van der Waals surface area (Å²) in [5.74, 6) is -0.973. The highest BCUT2D eigenvalue weighted by atomic mass is 35.5. The standard InChI is InChI=1S/C23H16Cl2N2O2/c24-19-11-20(25)13-21(12-19)27-23(29)22(8-9-28)17-6-4-16(5-7-17)18-3-1-2-15(10-18)14-26/h1-7,9-13,22H,8H2,(H,27,29). The van der Waals surface area contributed by atoms with Crippen LogP contribution in [0.5, 0.6) is 0 Å². The number of halogens is 2. The monoisotopic (exact) mass is 422 g/mol. The third-order valence-corrected chi connectivity index (χ3v) is 4.85. The average Bonchev–Trinajstić information content (AvgIpc) is 2.71. The maximum absolute atomic E-state index is 12.8. The molecule has 0 saturated carbocycles. The molecule has 0 saturated heterocycles. The molecule has 1 amide bonds. The van der Waals surface area contributed by atoms with Crippen LogP contribution in [0, 0.1) is 11.3 Å². The van der Waals surface area contributed by atoms with E-state index in [0.717, 1.165) is 17.4 Å². The topological polar surface area (TPSA) is 70.0 Å². The van der Waals surface area contributed by atoms with Gasteiger partial charge < -0.3 is 10.1 Å². The first-order chi connectivity index (χ1) is 14.0. The second kappa shape index (κ2) is 9.38. The minimum absolute atomic E-state index is 0.0450. The number of nitrogens with one attached hydrogen (secondary N) is 1. The fraction of sp³-hybridized carbons (Fsp3) is 0.0870. The third-order valence-electron chi connectivity index (χ3n) is 4.42. The van der Waals surface area contributed by atoms with E-state index in [2.05, 4.69) is 11.4 Å². The van der Waals surface area contributed by atoms with Gasteiger partial charge in [0.15, 0.2) is 0 Å². The summed E-state index contributed by atoms with van der Waals surface area (Å²) in [5, 5.41) is 12.6. The van der Waals surface area contributed by atoms with Crippen LogP contribution >= 0.6 is 23.2 Å². The maximum atomic E-state index is 12.8. The Hall–Kier alpha value is -3.13. The van der Waals surface area contributed by atoms with Gasteiger partial charge in [0.1, 0.15) is 6.29 Å². The maximum Gasteiger partial charge on any atom is 0.232 e. The minimum atomic E-state index is -0.648. The number of anilines is 1. The molecule has 0 heterocycles. The first kappa shape index (κ1) is 20.6. The molecule has 0 radical (unpaired) electrons. The van der Waals surface area contributed by atoms with Gasteiger partial charge >= 0.3 is 0 Å². The Morgan fingerprint density at radius 1 is 1.00 bits per heavy atom. The van der Waals surface area contributed by atoms with E-state index in [9.17, 15) is 9.59 Å². The molecule has 0 aliphatic carbocycles. The second-order valence-corrected chi connectivity index (χ2v) is 7.29. The number of aldehydes is 1. The van der Waals surface area contributed by atoms with Crippen molar-refractivity contribution in [1.82, 2.24) is 0 Å². The third kappa shape index (κ3) is 5.23. The summed E-state index contributed by atoms with van der Waals surface area (Å²) in [4.78, 5) is 23.9. The Bertz CT molecular complexity index is 1070. The lowest BCUT2D eigenvalue weighted by molar-refractivity contribution is -0.119. The van der Waals surface area contributed by atoms with Crippen LogP contribution in [-0.4, -0.2) is 12.2 Å². The summed E-state index contributed by atoms with van der Waals surface area (Å²) in [7, 11) is 0. The van der Waals surface area contributed by atoms with Crippen LogP contribution in [0.3, 0.4) is 0 Å². The van der Waals surface area contributed by atoms with E-state index in [1.807, 2.05) is 36.4 Å². The Kier molecular flexibility index (Phi) is 6.66. The van der Waals surface area contributed by atoms with Crippen LogP contribution in [0.4, 0.5) is 5.69 Å². The van der Waals surface area contributed by atoms with E-state index in [1.54, 1.807) is 30.3 Å². The van der Waals surface area contributed by atoms with Crippen molar-refractivity contribution >= 4 is 41.1 Å². The van der Waals surface area contributed by atoms with Crippen molar-refractivity contribution in [2.45, 2.75) is 12.3 Å². The van der Waals surface area contributed by atoms with Crippen LogP contribution in [0.2, 0.25) is 10.0 Å². The van der Waals surface area contributed by atoms with Gasteiger partial charge in [0.05, 0.1) is 17.6 Å². The van der Waals surface area contributed by atoms with Gasteiger partial charge in [-0.3, -0.25) is 4.79 Å². The molecule has 4 nitrogen and oxygen atoms in total. The largest absolute Gasteiger partial charge is 0.325 e. The van der Waals surface area contributed by atoms with Crippen LogP contribution in [0.1, 0.15) is 23.5 Å². The van der Waals surface area contributed by atoms with Gasteiger partial charge in [-0.2, -0.15) is 5.26 Å². The molecule has 1 N–H and O–H groups in total. The van der Waals surface area contributed by atoms with Crippen molar-refractivity contribution in [3.63, 3.8) is 0 Å². The predicted molar refractivity (Wildman–Crippen MR) is 115 cm³/mol. The lowest BCUT2D eigenvalue weighted by Gasteiger charge is -2.16. The second-order valence-electron chi connectivity index (χ2n) is 6.42. The van der Waals surface area contributed by atoms with Gasteiger partial charge in [-0.15, -0.1) is 0 Å². The molecule has 1 atom stereocenters. The Balaban J connectivity index is 1.83. The van der Waals surface area contributed by atoms with Gasteiger partial charge in [-0.05, 0) is 47.0 Å². The Morgan fingerprint density at radius 3 is 2.31 bits per heavy atom. The van der Waals surface area contributed by atoms with Gasteiger partial charge in [-0.25, -0.2) is 0 Å². The highest BCUT2D eigenvalue weighted by Crippen LogP contribution is 2.27. The fourth-order valence-electron chi connectivity index (χ4n) is 3.02. The van der Waals surface area contributed by atoms with E-state index < -0.39 is 5.92 Å². The van der Waals surface area contributed by atoms with Crippen LogP contribution in [-0.2, 0) is 9.59 Å². The van der Waals surface area contributed by atoms with Crippen molar-refractivity contribution in [2.75, 3.05) is 5.32 Å².